The Morgan fingerprint density at radius 2 is 2.28 bits per heavy atom. The number of cyclic esters (lactones) is 1. The molecule has 2 rings (SSSR count). The highest BCUT2D eigenvalue weighted by molar-refractivity contribution is 5.86. The molecule has 98 valence electrons. The summed E-state index contributed by atoms with van der Waals surface area (Å²) in [6.45, 7) is -0.130. The van der Waals surface area contributed by atoms with Crippen LogP contribution in [0.1, 0.15) is 12.8 Å². The molecule has 2 saturated heterocycles. The van der Waals surface area contributed by atoms with Crippen LogP contribution in [0.4, 0.5) is 0 Å². The first kappa shape index (κ1) is 12.3. The number of hydrogen-bond acceptors (Lipinski definition) is 7. The van der Waals surface area contributed by atoms with Crippen LogP contribution in [0.15, 0.2) is 0 Å². The third-order valence-corrected chi connectivity index (χ3v) is 2.43. The molecule has 2 aliphatic heterocycles. The van der Waals surface area contributed by atoms with E-state index in [0.717, 1.165) is 0 Å². The summed E-state index contributed by atoms with van der Waals surface area (Å²) in [6, 6.07) is -0.888. The van der Waals surface area contributed by atoms with Gasteiger partial charge in [-0.05, 0) is 5.23 Å². The summed E-state index contributed by atoms with van der Waals surface area (Å²) in [5.74, 6) is -2.09. The molecule has 18 heavy (non-hydrogen) atoms. The van der Waals surface area contributed by atoms with E-state index in [1.165, 1.54) is 0 Å². The molecule has 2 atom stereocenters. The Morgan fingerprint density at radius 1 is 1.50 bits per heavy atom. The van der Waals surface area contributed by atoms with Crippen molar-refractivity contribution in [3.8, 4) is 0 Å². The average molecular weight is 258 g/mol. The van der Waals surface area contributed by atoms with Crippen molar-refractivity contribution in [2.45, 2.75) is 25.0 Å². The summed E-state index contributed by atoms with van der Waals surface area (Å²) in [5, 5.41) is 2.59. The first-order valence-corrected chi connectivity index (χ1v) is 5.19. The van der Waals surface area contributed by atoms with E-state index in [1.54, 1.807) is 0 Å². The van der Waals surface area contributed by atoms with Gasteiger partial charge in [-0.15, -0.1) is 0 Å². The average Bonchev–Trinajstić information content (AvgIpc) is 2.90. The summed E-state index contributed by atoms with van der Waals surface area (Å²) in [4.78, 5) is 53.4. The number of rotatable bonds is 4. The number of hydrogen-bond donors (Lipinski definition) is 1. The maximum absolute atomic E-state index is 11.5. The Hall–Kier alpha value is -2.16. The van der Waals surface area contributed by atoms with Gasteiger partial charge in [0.05, 0.1) is 0 Å². The van der Waals surface area contributed by atoms with Gasteiger partial charge in [-0.25, -0.2) is 9.63 Å². The highest BCUT2D eigenvalue weighted by atomic mass is 17.0. The maximum atomic E-state index is 11.5. The van der Waals surface area contributed by atoms with E-state index >= 15 is 0 Å². The number of nitrogens with zero attached hydrogens (tertiary/aromatic N) is 1. The van der Waals surface area contributed by atoms with Crippen molar-refractivity contribution in [2.24, 2.45) is 0 Å². The largest absolute Gasteiger partial charge is 0.450 e. The van der Waals surface area contributed by atoms with Crippen LogP contribution in [0.2, 0.25) is 0 Å². The van der Waals surface area contributed by atoms with Crippen molar-refractivity contribution in [1.29, 1.82) is 0 Å². The number of carbonyl (C=O) groups is 4. The third kappa shape index (κ3) is 2.40. The van der Waals surface area contributed by atoms with Crippen LogP contribution in [0.3, 0.4) is 0 Å². The molecule has 9 nitrogen and oxygen atoms in total. The Kier molecular flexibility index (Phi) is 3.42. The normalized spacial score (nSPS) is 27.0. The molecule has 2 aliphatic rings. The van der Waals surface area contributed by atoms with Crippen molar-refractivity contribution in [3.63, 3.8) is 0 Å². The van der Waals surface area contributed by atoms with Gasteiger partial charge in [0.25, 0.3) is 0 Å². The molecule has 0 aliphatic carbocycles. The zero-order valence-corrected chi connectivity index (χ0v) is 9.16. The molecule has 0 aromatic carbocycles. The summed E-state index contributed by atoms with van der Waals surface area (Å²) in [7, 11) is 0. The minimum atomic E-state index is -1.02. The lowest BCUT2D eigenvalue weighted by Gasteiger charge is -2.14. The Labute approximate surface area is 101 Å². The zero-order chi connectivity index (χ0) is 13.1. The second-order valence-corrected chi connectivity index (χ2v) is 3.66. The number of hydroxylamine groups is 2. The van der Waals surface area contributed by atoms with Gasteiger partial charge < -0.3 is 14.9 Å². The number of amides is 2. The van der Waals surface area contributed by atoms with E-state index < -0.39 is 30.0 Å². The first-order chi connectivity index (χ1) is 8.61. The molecular weight excluding hydrogens is 248 g/mol. The number of carbonyl (C=O) groups excluding carboxylic acids is 4. The highest BCUT2D eigenvalue weighted by Crippen LogP contribution is 2.17. The van der Waals surface area contributed by atoms with Crippen molar-refractivity contribution in [3.05, 3.63) is 0 Å². The molecule has 2 heterocycles. The molecule has 1 N–H and O–H groups in total. The van der Waals surface area contributed by atoms with E-state index in [2.05, 4.69) is 14.9 Å². The SMILES string of the molecule is O=CN[C@H]1CON(OC(=O)C2CCC(=O)O2)C1=O. The topological polar surface area (TPSA) is 111 Å². The number of ether oxygens (including phenoxy) is 1. The second-order valence-electron chi connectivity index (χ2n) is 3.66. The summed E-state index contributed by atoms with van der Waals surface area (Å²) >= 11 is 0. The van der Waals surface area contributed by atoms with Crippen LogP contribution in [0.25, 0.3) is 0 Å². The van der Waals surface area contributed by atoms with E-state index in [1.807, 2.05) is 0 Å². The molecule has 0 aromatic heterocycles. The summed E-state index contributed by atoms with van der Waals surface area (Å²) in [5.41, 5.74) is 0. The minimum Gasteiger partial charge on any atom is -0.450 e. The van der Waals surface area contributed by atoms with Crippen LogP contribution in [-0.2, 0) is 33.6 Å². The van der Waals surface area contributed by atoms with Gasteiger partial charge in [-0.2, -0.15) is 0 Å². The fraction of sp³-hybridized carbons (Fsp3) is 0.556. The molecule has 9 heteroatoms. The first-order valence-electron chi connectivity index (χ1n) is 5.19. The zero-order valence-electron chi connectivity index (χ0n) is 9.16. The van der Waals surface area contributed by atoms with Gasteiger partial charge >= 0.3 is 17.8 Å². The van der Waals surface area contributed by atoms with Gasteiger partial charge in [0, 0.05) is 12.8 Å². The van der Waals surface area contributed by atoms with Crippen molar-refractivity contribution < 1.29 is 33.6 Å². The number of esters is 1. The molecule has 0 aromatic rings. The van der Waals surface area contributed by atoms with Gasteiger partial charge in [0.15, 0.2) is 0 Å². The molecule has 0 bridgehead atoms. The number of nitrogens with one attached hydrogen (secondary N) is 1. The van der Waals surface area contributed by atoms with E-state index in [-0.39, 0.29) is 19.4 Å². The lowest BCUT2D eigenvalue weighted by molar-refractivity contribution is -0.306. The molecule has 1 unspecified atom stereocenters. The van der Waals surface area contributed by atoms with E-state index in [0.29, 0.717) is 11.6 Å². The van der Waals surface area contributed by atoms with Crippen molar-refractivity contribution in [2.75, 3.05) is 6.61 Å². The molecule has 0 radical (unpaired) electrons. The minimum absolute atomic E-state index is 0.129. The molecule has 2 fully saturated rings. The fourth-order valence-electron chi connectivity index (χ4n) is 1.51. The monoisotopic (exact) mass is 258 g/mol. The molecule has 0 spiro atoms. The predicted molar refractivity (Wildman–Crippen MR) is 51.0 cm³/mol. The summed E-state index contributed by atoms with van der Waals surface area (Å²) < 4.78 is 4.66. The van der Waals surface area contributed by atoms with Crippen LogP contribution in [-0.4, -0.2) is 48.2 Å². The fourth-order valence-corrected chi connectivity index (χ4v) is 1.51. The van der Waals surface area contributed by atoms with Crippen LogP contribution < -0.4 is 5.32 Å². The van der Waals surface area contributed by atoms with Gasteiger partial charge in [0.1, 0.15) is 12.6 Å². The van der Waals surface area contributed by atoms with Gasteiger partial charge in [-0.3, -0.25) is 14.4 Å². The predicted octanol–water partition coefficient (Wildman–Crippen LogP) is -1.96. The Bertz CT molecular complexity index is 396. The van der Waals surface area contributed by atoms with Crippen molar-refractivity contribution in [1.82, 2.24) is 10.5 Å². The third-order valence-electron chi connectivity index (χ3n) is 2.43. The quantitative estimate of drug-likeness (QED) is 0.460. The molecule has 2 amide bonds. The summed E-state index contributed by atoms with van der Waals surface area (Å²) in [6.07, 6.45) is -0.345. The van der Waals surface area contributed by atoms with Crippen LogP contribution in [0, 0.1) is 0 Å². The Balaban J connectivity index is 1.87. The Morgan fingerprint density at radius 3 is 2.89 bits per heavy atom. The highest BCUT2D eigenvalue weighted by Gasteiger charge is 2.39. The van der Waals surface area contributed by atoms with Gasteiger partial charge in [-0.1, -0.05) is 0 Å². The van der Waals surface area contributed by atoms with E-state index in [9.17, 15) is 19.2 Å². The second kappa shape index (κ2) is 5.00. The van der Waals surface area contributed by atoms with Crippen LogP contribution in [0.5, 0.6) is 0 Å². The molecule has 0 saturated carbocycles. The smallest absolute Gasteiger partial charge is 0.375 e. The van der Waals surface area contributed by atoms with Crippen LogP contribution >= 0.6 is 0 Å². The van der Waals surface area contributed by atoms with Gasteiger partial charge in [0.2, 0.25) is 12.5 Å². The van der Waals surface area contributed by atoms with Crippen molar-refractivity contribution >= 4 is 24.3 Å². The lowest BCUT2D eigenvalue weighted by Crippen LogP contribution is -2.40. The lowest BCUT2D eigenvalue weighted by atomic mass is 10.2. The maximum Gasteiger partial charge on any atom is 0.375 e. The standard InChI is InChI=1S/C9H10N2O7/c12-4-10-5-3-16-11(8(5)14)18-9(15)6-1-2-7(13)17-6/h4-6H,1-3H2,(H,10,12)/t5-,6?/m0/s1. The van der Waals surface area contributed by atoms with E-state index in [4.69, 9.17) is 4.84 Å². The molecular formula is C9H10N2O7.